The third-order valence-corrected chi connectivity index (χ3v) is 3.35. The van der Waals surface area contributed by atoms with E-state index in [1.165, 1.54) is 0 Å². The van der Waals surface area contributed by atoms with Gasteiger partial charge in [0.25, 0.3) is 0 Å². The van der Waals surface area contributed by atoms with E-state index in [4.69, 9.17) is 27.2 Å². The van der Waals surface area contributed by atoms with Crippen molar-refractivity contribution in [3.05, 3.63) is 0 Å². The maximum absolute atomic E-state index is 8.77. The van der Waals surface area contributed by atoms with E-state index in [2.05, 4.69) is 4.90 Å². The summed E-state index contributed by atoms with van der Waals surface area (Å²) in [5, 5.41) is 17.5. The van der Waals surface area contributed by atoms with E-state index in [9.17, 15) is 0 Å². The van der Waals surface area contributed by atoms with Gasteiger partial charge >= 0.3 is 7.12 Å². The van der Waals surface area contributed by atoms with E-state index in [0.717, 1.165) is 45.3 Å². The van der Waals surface area contributed by atoms with E-state index in [0.29, 0.717) is 19.4 Å². The average Bonchev–Trinajstić information content (AvgIpc) is 2.32. The predicted octanol–water partition coefficient (Wildman–Crippen LogP) is -1.04. The topological polar surface area (TPSA) is 122 Å². The molecule has 0 amide bonds. The molecule has 114 valence electrons. The molecule has 1 unspecified atom stereocenters. The maximum Gasteiger partial charge on any atom is 0.451 e. The van der Waals surface area contributed by atoms with Crippen LogP contribution in [0.5, 0.6) is 0 Å². The van der Waals surface area contributed by atoms with Crippen LogP contribution < -0.4 is 17.2 Å². The van der Waals surface area contributed by atoms with E-state index >= 15 is 0 Å². The predicted molar refractivity (Wildman–Crippen MR) is 80.6 cm³/mol. The van der Waals surface area contributed by atoms with Crippen LogP contribution >= 0.6 is 0 Å². The minimum Gasteiger partial charge on any atom is -0.427 e. The molecular formula is C12H31BN4O2. The Morgan fingerprint density at radius 3 is 2.05 bits per heavy atom. The van der Waals surface area contributed by atoms with Gasteiger partial charge in [-0.3, -0.25) is 0 Å². The quantitative estimate of drug-likeness (QED) is 0.229. The highest BCUT2D eigenvalue weighted by molar-refractivity contribution is 6.40. The average molecular weight is 274 g/mol. The Kier molecular flexibility index (Phi) is 10.5. The van der Waals surface area contributed by atoms with Gasteiger partial charge in [-0.1, -0.05) is 12.8 Å². The first-order chi connectivity index (χ1) is 8.91. The fourth-order valence-corrected chi connectivity index (χ4v) is 2.09. The Bertz CT molecular complexity index is 212. The molecule has 6 nitrogen and oxygen atoms in total. The van der Waals surface area contributed by atoms with Crippen molar-refractivity contribution in [2.45, 2.75) is 44.5 Å². The third-order valence-electron chi connectivity index (χ3n) is 3.35. The summed E-state index contributed by atoms with van der Waals surface area (Å²) in [4.78, 5) is 2.24. The summed E-state index contributed by atoms with van der Waals surface area (Å²) in [6.07, 6.45) is 3.91. The smallest absolute Gasteiger partial charge is 0.427 e. The van der Waals surface area contributed by atoms with Crippen LogP contribution in [-0.2, 0) is 0 Å². The lowest BCUT2D eigenvalue weighted by atomic mass is 9.82. The van der Waals surface area contributed by atoms with Crippen molar-refractivity contribution in [1.82, 2.24) is 4.90 Å². The molecule has 0 bridgehead atoms. The maximum atomic E-state index is 8.77. The molecular weight excluding hydrogens is 243 g/mol. The zero-order valence-corrected chi connectivity index (χ0v) is 12.2. The van der Waals surface area contributed by atoms with E-state index in [-0.39, 0.29) is 5.54 Å². The molecule has 0 aliphatic carbocycles. The van der Waals surface area contributed by atoms with Crippen LogP contribution in [0.4, 0.5) is 0 Å². The molecule has 8 N–H and O–H groups in total. The number of hydrogen-bond donors (Lipinski definition) is 5. The lowest BCUT2D eigenvalue weighted by Crippen LogP contribution is -2.42. The normalized spacial score (nSPS) is 14.7. The summed E-state index contributed by atoms with van der Waals surface area (Å²) in [7, 11) is -1.20. The molecule has 0 spiro atoms. The number of nitrogens with zero attached hydrogens (tertiary/aromatic N) is 1. The van der Waals surface area contributed by atoms with E-state index in [1.54, 1.807) is 0 Å². The van der Waals surface area contributed by atoms with Crippen LogP contribution in [0.2, 0.25) is 6.32 Å². The molecule has 0 aromatic rings. The van der Waals surface area contributed by atoms with Crippen molar-refractivity contribution in [2.75, 3.05) is 32.7 Å². The third kappa shape index (κ3) is 11.4. The van der Waals surface area contributed by atoms with Crippen molar-refractivity contribution in [3.63, 3.8) is 0 Å². The molecule has 19 heavy (non-hydrogen) atoms. The highest BCUT2D eigenvalue weighted by Crippen LogP contribution is 2.16. The molecule has 0 aliphatic heterocycles. The number of hydrogen-bond acceptors (Lipinski definition) is 6. The van der Waals surface area contributed by atoms with Gasteiger partial charge < -0.3 is 32.1 Å². The molecule has 0 heterocycles. The van der Waals surface area contributed by atoms with Crippen LogP contribution in [0.3, 0.4) is 0 Å². The largest absolute Gasteiger partial charge is 0.451 e. The zero-order valence-electron chi connectivity index (χ0n) is 12.2. The molecule has 0 rings (SSSR count). The van der Waals surface area contributed by atoms with E-state index < -0.39 is 7.12 Å². The summed E-state index contributed by atoms with van der Waals surface area (Å²) < 4.78 is 0. The van der Waals surface area contributed by atoms with Gasteiger partial charge in [0.2, 0.25) is 0 Å². The van der Waals surface area contributed by atoms with Crippen molar-refractivity contribution < 1.29 is 10.0 Å². The number of nitrogens with two attached hydrogens (primary N) is 3. The second kappa shape index (κ2) is 10.6. The molecule has 1 atom stereocenters. The first-order valence-corrected chi connectivity index (χ1v) is 7.19. The first-order valence-electron chi connectivity index (χ1n) is 7.19. The Morgan fingerprint density at radius 1 is 1.00 bits per heavy atom. The van der Waals surface area contributed by atoms with E-state index in [1.807, 2.05) is 6.92 Å². The first kappa shape index (κ1) is 18.8. The van der Waals surface area contributed by atoms with Crippen LogP contribution in [0.25, 0.3) is 0 Å². The van der Waals surface area contributed by atoms with Gasteiger partial charge in [0.15, 0.2) is 0 Å². The minimum atomic E-state index is -1.20. The lowest BCUT2D eigenvalue weighted by molar-refractivity contribution is 0.247. The van der Waals surface area contributed by atoms with Crippen molar-refractivity contribution in [1.29, 1.82) is 0 Å². The summed E-state index contributed by atoms with van der Waals surface area (Å²) >= 11 is 0. The summed E-state index contributed by atoms with van der Waals surface area (Å²) in [5.74, 6) is 0. The lowest BCUT2D eigenvalue weighted by Gasteiger charge is -2.29. The molecule has 0 aromatic carbocycles. The van der Waals surface area contributed by atoms with Gasteiger partial charge in [-0.25, -0.2) is 0 Å². The highest BCUT2D eigenvalue weighted by Gasteiger charge is 2.19. The van der Waals surface area contributed by atoms with Gasteiger partial charge in [-0.2, -0.15) is 0 Å². The van der Waals surface area contributed by atoms with Crippen molar-refractivity contribution >= 4 is 7.12 Å². The van der Waals surface area contributed by atoms with Gasteiger partial charge in [-0.15, -0.1) is 0 Å². The Labute approximate surface area is 117 Å². The summed E-state index contributed by atoms with van der Waals surface area (Å²) in [6.45, 7) is 5.93. The number of unbranched alkanes of at least 4 members (excludes halogenated alkanes) is 1. The molecule has 0 aliphatic rings. The standard InChI is InChI=1S/C12H31BN4O2/c1-12(16,4-2-3-6-13(18)19)5-9-17(10-7-14)11-8-15/h18-19H,2-11,14-16H2,1H3. The summed E-state index contributed by atoms with van der Waals surface area (Å²) in [5.41, 5.74) is 17.2. The molecule has 7 heteroatoms. The van der Waals surface area contributed by atoms with Gasteiger partial charge in [-0.05, 0) is 32.6 Å². The second-order valence-electron chi connectivity index (χ2n) is 5.55. The van der Waals surface area contributed by atoms with Crippen molar-refractivity contribution in [3.8, 4) is 0 Å². The molecule has 0 saturated carbocycles. The zero-order chi connectivity index (χ0) is 14.7. The molecule has 0 aromatic heterocycles. The molecule has 0 saturated heterocycles. The van der Waals surface area contributed by atoms with Crippen LogP contribution in [0.1, 0.15) is 32.6 Å². The van der Waals surface area contributed by atoms with Crippen LogP contribution in [-0.4, -0.2) is 60.3 Å². The Balaban J connectivity index is 3.85. The second-order valence-corrected chi connectivity index (χ2v) is 5.55. The number of rotatable bonds is 12. The minimum absolute atomic E-state index is 0.220. The van der Waals surface area contributed by atoms with Crippen LogP contribution in [0.15, 0.2) is 0 Å². The highest BCUT2D eigenvalue weighted by atomic mass is 16.4. The fraction of sp³-hybridized carbons (Fsp3) is 1.00. The van der Waals surface area contributed by atoms with Gasteiger partial charge in [0.1, 0.15) is 0 Å². The molecule has 0 radical (unpaired) electrons. The van der Waals surface area contributed by atoms with Gasteiger partial charge in [0.05, 0.1) is 0 Å². The van der Waals surface area contributed by atoms with Gasteiger partial charge in [0, 0.05) is 31.7 Å². The monoisotopic (exact) mass is 274 g/mol. The SMILES string of the molecule is CC(N)(CCCCB(O)O)CCN(CCN)CCN. The fourth-order valence-electron chi connectivity index (χ4n) is 2.09. The Morgan fingerprint density at radius 2 is 1.58 bits per heavy atom. The molecule has 0 fully saturated rings. The Hall–Kier alpha value is -0.175. The van der Waals surface area contributed by atoms with Crippen LogP contribution in [0, 0.1) is 0 Å². The summed E-state index contributed by atoms with van der Waals surface area (Å²) in [6, 6.07) is 0. The van der Waals surface area contributed by atoms with Crippen molar-refractivity contribution in [2.24, 2.45) is 17.2 Å².